The average molecular weight is 284 g/mol. The lowest BCUT2D eigenvalue weighted by Crippen LogP contribution is -1.89. The molecule has 0 amide bonds. The molecule has 0 spiro atoms. The molecule has 3 aromatic carbocycles. The van der Waals surface area contributed by atoms with Gasteiger partial charge in [0, 0.05) is 5.56 Å². The zero-order chi connectivity index (χ0) is 14.8. The molecule has 0 nitrogen and oxygen atoms in total. The molecular weight excluding hydrogens is 273 g/mol. The van der Waals surface area contributed by atoms with Gasteiger partial charge in [-0.15, -0.1) is 0 Å². The van der Waals surface area contributed by atoms with Crippen molar-refractivity contribution in [1.82, 2.24) is 0 Å². The third-order valence-electron chi connectivity index (χ3n) is 3.31. The van der Waals surface area contributed by atoms with Crippen LogP contribution in [0.2, 0.25) is 0 Å². The summed E-state index contributed by atoms with van der Waals surface area (Å²) >= 11 is 0. The lowest BCUT2D eigenvalue weighted by atomic mass is 10.00. The Balaban J connectivity index is 2.00. The molecule has 3 heteroatoms. The Bertz CT molecular complexity index is 777. The monoisotopic (exact) mass is 284 g/mol. The van der Waals surface area contributed by atoms with E-state index < -0.39 is 11.6 Å². The summed E-state index contributed by atoms with van der Waals surface area (Å²) in [5, 5.41) is 0. The summed E-state index contributed by atoms with van der Waals surface area (Å²) in [5.41, 5.74) is 2.34. The molecular formula is C18H11F3. The van der Waals surface area contributed by atoms with Crippen molar-refractivity contribution < 1.29 is 13.2 Å². The lowest BCUT2D eigenvalue weighted by molar-refractivity contribution is 0.511. The molecule has 0 heterocycles. The molecule has 0 aliphatic carbocycles. The maximum absolute atomic E-state index is 13.7. The van der Waals surface area contributed by atoms with Gasteiger partial charge in [-0.05, 0) is 34.9 Å². The van der Waals surface area contributed by atoms with E-state index in [1.807, 2.05) is 0 Å². The minimum absolute atomic E-state index is 0.209. The second kappa shape index (κ2) is 5.44. The van der Waals surface area contributed by atoms with Crippen LogP contribution in [-0.2, 0) is 0 Å². The van der Waals surface area contributed by atoms with Gasteiger partial charge in [0.15, 0.2) is 11.6 Å². The van der Waals surface area contributed by atoms with Gasteiger partial charge in [0.1, 0.15) is 5.82 Å². The summed E-state index contributed by atoms with van der Waals surface area (Å²) in [6.45, 7) is 0. The van der Waals surface area contributed by atoms with Crippen molar-refractivity contribution >= 4 is 0 Å². The van der Waals surface area contributed by atoms with Crippen molar-refractivity contribution in [2.75, 3.05) is 0 Å². The molecule has 21 heavy (non-hydrogen) atoms. The van der Waals surface area contributed by atoms with E-state index in [2.05, 4.69) is 0 Å². The summed E-state index contributed by atoms with van der Waals surface area (Å²) in [6, 6.07) is 17.2. The van der Waals surface area contributed by atoms with Crippen LogP contribution in [0, 0.1) is 17.5 Å². The SMILES string of the molecule is Fc1cccc(-c2ccc(-c3cccc(F)c3F)cc2)c1. The Labute approximate surface area is 120 Å². The predicted octanol–water partition coefficient (Wildman–Crippen LogP) is 5.44. The Hall–Kier alpha value is -2.55. The Morgan fingerprint density at radius 1 is 0.571 bits per heavy atom. The highest BCUT2D eigenvalue weighted by atomic mass is 19.2. The van der Waals surface area contributed by atoms with E-state index in [1.165, 1.54) is 24.3 Å². The number of hydrogen-bond acceptors (Lipinski definition) is 0. The van der Waals surface area contributed by atoms with Crippen LogP contribution < -0.4 is 0 Å². The average Bonchev–Trinajstić information content (AvgIpc) is 2.50. The molecule has 0 N–H and O–H groups in total. The molecule has 0 saturated carbocycles. The molecule has 0 aromatic heterocycles. The number of halogens is 3. The quantitative estimate of drug-likeness (QED) is 0.588. The zero-order valence-electron chi connectivity index (χ0n) is 11.0. The predicted molar refractivity (Wildman–Crippen MR) is 77.2 cm³/mol. The normalized spacial score (nSPS) is 10.6. The van der Waals surface area contributed by atoms with Gasteiger partial charge in [0.2, 0.25) is 0 Å². The first kappa shape index (κ1) is 13.4. The number of rotatable bonds is 2. The van der Waals surface area contributed by atoms with Crippen LogP contribution >= 0.6 is 0 Å². The van der Waals surface area contributed by atoms with Gasteiger partial charge >= 0.3 is 0 Å². The highest BCUT2D eigenvalue weighted by molar-refractivity contribution is 5.70. The van der Waals surface area contributed by atoms with Crippen molar-refractivity contribution in [3.8, 4) is 22.3 Å². The lowest BCUT2D eigenvalue weighted by Gasteiger charge is -2.06. The third-order valence-corrected chi connectivity index (χ3v) is 3.31. The van der Waals surface area contributed by atoms with Gasteiger partial charge < -0.3 is 0 Å². The minimum atomic E-state index is -0.873. The molecule has 0 bridgehead atoms. The summed E-state index contributed by atoms with van der Waals surface area (Å²) in [7, 11) is 0. The van der Waals surface area contributed by atoms with Gasteiger partial charge in [-0.1, -0.05) is 48.5 Å². The van der Waals surface area contributed by atoms with Crippen LogP contribution in [0.5, 0.6) is 0 Å². The van der Waals surface area contributed by atoms with E-state index in [0.717, 1.165) is 17.2 Å². The maximum atomic E-state index is 13.7. The zero-order valence-corrected chi connectivity index (χ0v) is 11.0. The van der Waals surface area contributed by atoms with E-state index in [9.17, 15) is 13.2 Å². The second-order valence-corrected chi connectivity index (χ2v) is 4.69. The van der Waals surface area contributed by atoms with Crippen molar-refractivity contribution in [2.45, 2.75) is 0 Å². The largest absolute Gasteiger partial charge is 0.207 e. The fourth-order valence-electron chi connectivity index (χ4n) is 2.24. The van der Waals surface area contributed by atoms with E-state index in [1.54, 1.807) is 36.4 Å². The van der Waals surface area contributed by atoms with E-state index in [-0.39, 0.29) is 11.4 Å². The molecule has 3 aromatic rings. The van der Waals surface area contributed by atoms with Crippen LogP contribution in [0.3, 0.4) is 0 Å². The van der Waals surface area contributed by atoms with Crippen molar-refractivity contribution in [3.63, 3.8) is 0 Å². The number of benzene rings is 3. The molecule has 0 aliphatic rings. The van der Waals surface area contributed by atoms with Crippen molar-refractivity contribution in [3.05, 3.63) is 84.2 Å². The smallest absolute Gasteiger partial charge is 0.166 e. The van der Waals surface area contributed by atoms with Gasteiger partial charge in [-0.25, -0.2) is 13.2 Å². The van der Waals surface area contributed by atoms with E-state index in [0.29, 0.717) is 5.56 Å². The van der Waals surface area contributed by atoms with Crippen LogP contribution in [0.15, 0.2) is 66.7 Å². The molecule has 0 aliphatic heterocycles. The Morgan fingerprint density at radius 3 is 1.95 bits per heavy atom. The van der Waals surface area contributed by atoms with Gasteiger partial charge in [-0.2, -0.15) is 0 Å². The second-order valence-electron chi connectivity index (χ2n) is 4.69. The standard InChI is InChI=1S/C18H11F3/c19-15-4-1-3-14(11-15)12-7-9-13(10-8-12)16-5-2-6-17(20)18(16)21/h1-11H. The molecule has 0 unspecified atom stereocenters. The van der Waals surface area contributed by atoms with Gasteiger partial charge in [0.05, 0.1) is 0 Å². The first-order valence-corrected chi connectivity index (χ1v) is 6.45. The Morgan fingerprint density at radius 2 is 1.24 bits per heavy atom. The third kappa shape index (κ3) is 2.68. The van der Waals surface area contributed by atoms with Gasteiger partial charge in [0.25, 0.3) is 0 Å². The van der Waals surface area contributed by atoms with Crippen LogP contribution in [0.4, 0.5) is 13.2 Å². The van der Waals surface area contributed by atoms with Crippen molar-refractivity contribution in [2.24, 2.45) is 0 Å². The fraction of sp³-hybridized carbons (Fsp3) is 0. The topological polar surface area (TPSA) is 0 Å². The first-order chi connectivity index (χ1) is 10.1. The highest BCUT2D eigenvalue weighted by Crippen LogP contribution is 2.27. The minimum Gasteiger partial charge on any atom is -0.207 e. The van der Waals surface area contributed by atoms with Crippen LogP contribution in [0.25, 0.3) is 22.3 Å². The summed E-state index contributed by atoms with van der Waals surface area (Å²) in [6.07, 6.45) is 0. The summed E-state index contributed by atoms with van der Waals surface area (Å²) < 4.78 is 40.2. The summed E-state index contributed by atoms with van der Waals surface area (Å²) in [5.74, 6) is -2.05. The molecule has 0 fully saturated rings. The molecule has 3 rings (SSSR count). The molecule has 0 saturated heterocycles. The molecule has 104 valence electrons. The Kier molecular flexibility index (Phi) is 3.48. The van der Waals surface area contributed by atoms with E-state index >= 15 is 0 Å². The number of hydrogen-bond donors (Lipinski definition) is 0. The first-order valence-electron chi connectivity index (χ1n) is 6.45. The van der Waals surface area contributed by atoms with E-state index in [4.69, 9.17) is 0 Å². The van der Waals surface area contributed by atoms with Crippen molar-refractivity contribution in [1.29, 1.82) is 0 Å². The molecule has 0 atom stereocenters. The van der Waals surface area contributed by atoms with Gasteiger partial charge in [-0.3, -0.25) is 0 Å². The summed E-state index contributed by atoms with van der Waals surface area (Å²) in [4.78, 5) is 0. The maximum Gasteiger partial charge on any atom is 0.166 e. The fourth-order valence-corrected chi connectivity index (χ4v) is 2.24. The highest BCUT2D eigenvalue weighted by Gasteiger charge is 2.09. The molecule has 0 radical (unpaired) electrons. The van der Waals surface area contributed by atoms with Crippen LogP contribution in [0.1, 0.15) is 0 Å². The van der Waals surface area contributed by atoms with Crippen LogP contribution in [-0.4, -0.2) is 0 Å².